The Morgan fingerprint density at radius 1 is 1.37 bits per heavy atom. The second-order valence-corrected chi connectivity index (χ2v) is 5.54. The SMILES string of the molecule is O=C(CCNCc1cncn1C1CC1)N1CCCC1. The molecule has 0 spiro atoms. The molecule has 2 heterocycles. The van der Waals surface area contributed by atoms with Gasteiger partial charge < -0.3 is 14.8 Å². The molecule has 1 aliphatic heterocycles. The van der Waals surface area contributed by atoms with E-state index in [1.165, 1.54) is 31.4 Å². The molecule has 0 atom stereocenters. The lowest BCUT2D eigenvalue weighted by molar-refractivity contribution is -0.130. The van der Waals surface area contributed by atoms with Crippen LogP contribution in [-0.4, -0.2) is 40.0 Å². The third-order valence-electron chi connectivity index (χ3n) is 3.97. The fourth-order valence-electron chi connectivity index (χ4n) is 2.69. The minimum Gasteiger partial charge on any atom is -0.343 e. The largest absolute Gasteiger partial charge is 0.343 e. The van der Waals surface area contributed by atoms with E-state index in [2.05, 4.69) is 14.9 Å². The second-order valence-electron chi connectivity index (χ2n) is 5.54. The zero-order valence-electron chi connectivity index (χ0n) is 11.3. The van der Waals surface area contributed by atoms with Gasteiger partial charge in [-0.1, -0.05) is 0 Å². The third-order valence-corrected chi connectivity index (χ3v) is 3.97. The van der Waals surface area contributed by atoms with E-state index in [9.17, 15) is 4.79 Å². The molecule has 19 heavy (non-hydrogen) atoms. The van der Waals surface area contributed by atoms with Gasteiger partial charge in [0.1, 0.15) is 0 Å². The highest BCUT2D eigenvalue weighted by atomic mass is 16.2. The Balaban J connectivity index is 1.38. The van der Waals surface area contributed by atoms with E-state index in [4.69, 9.17) is 0 Å². The average molecular weight is 262 g/mol. The molecule has 5 nitrogen and oxygen atoms in total. The molecule has 0 unspecified atom stereocenters. The molecule has 3 rings (SSSR count). The van der Waals surface area contributed by atoms with E-state index < -0.39 is 0 Å². The van der Waals surface area contributed by atoms with Gasteiger partial charge in [-0.25, -0.2) is 4.98 Å². The maximum absolute atomic E-state index is 11.9. The van der Waals surface area contributed by atoms with Gasteiger partial charge in [-0.15, -0.1) is 0 Å². The van der Waals surface area contributed by atoms with Crippen molar-refractivity contribution in [3.63, 3.8) is 0 Å². The van der Waals surface area contributed by atoms with Gasteiger partial charge in [0.05, 0.1) is 12.0 Å². The molecule has 2 fully saturated rings. The lowest BCUT2D eigenvalue weighted by atomic mass is 10.3. The molecule has 1 N–H and O–H groups in total. The lowest BCUT2D eigenvalue weighted by Crippen LogP contribution is -2.30. The zero-order valence-corrected chi connectivity index (χ0v) is 11.3. The number of carbonyl (C=O) groups excluding carboxylic acids is 1. The second kappa shape index (κ2) is 5.74. The van der Waals surface area contributed by atoms with Crippen LogP contribution in [0.4, 0.5) is 0 Å². The van der Waals surface area contributed by atoms with Crippen molar-refractivity contribution in [2.45, 2.75) is 44.7 Å². The van der Waals surface area contributed by atoms with Crippen molar-refractivity contribution in [1.29, 1.82) is 0 Å². The van der Waals surface area contributed by atoms with Gasteiger partial charge in [0.2, 0.25) is 5.91 Å². The van der Waals surface area contributed by atoms with Crippen LogP contribution >= 0.6 is 0 Å². The maximum Gasteiger partial charge on any atom is 0.223 e. The molecule has 5 heteroatoms. The molecule has 1 amide bonds. The highest BCUT2D eigenvalue weighted by Crippen LogP contribution is 2.35. The zero-order chi connectivity index (χ0) is 13.1. The van der Waals surface area contributed by atoms with Crippen LogP contribution in [0.25, 0.3) is 0 Å². The standard InChI is InChI=1S/C14H22N4O/c19-14(17-7-1-2-8-17)5-6-15-9-13-10-16-11-18(13)12-3-4-12/h10-12,15H,1-9H2. The van der Waals surface area contributed by atoms with E-state index in [0.717, 1.165) is 26.2 Å². The normalized spacial score (nSPS) is 19.1. The Bertz CT molecular complexity index is 432. The third kappa shape index (κ3) is 3.15. The van der Waals surface area contributed by atoms with Gasteiger partial charge in [0.15, 0.2) is 0 Å². The van der Waals surface area contributed by atoms with Crippen molar-refractivity contribution in [2.24, 2.45) is 0 Å². The lowest BCUT2D eigenvalue weighted by Gasteiger charge is -2.15. The van der Waals surface area contributed by atoms with Crippen molar-refractivity contribution < 1.29 is 4.79 Å². The summed E-state index contributed by atoms with van der Waals surface area (Å²) in [5.41, 5.74) is 1.23. The van der Waals surface area contributed by atoms with Gasteiger partial charge in [-0.3, -0.25) is 4.79 Å². The molecule has 0 radical (unpaired) electrons. The number of likely N-dealkylation sites (tertiary alicyclic amines) is 1. The Morgan fingerprint density at radius 3 is 2.89 bits per heavy atom. The van der Waals surface area contributed by atoms with Gasteiger partial charge >= 0.3 is 0 Å². The number of imidazole rings is 1. The van der Waals surface area contributed by atoms with E-state index in [1.54, 1.807) is 0 Å². The maximum atomic E-state index is 11.9. The molecule has 1 aromatic heterocycles. The Hall–Kier alpha value is -1.36. The first kappa shape index (κ1) is 12.7. The van der Waals surface area contributed by atoms with E-state index in [1.807, 2.05) is 17.4 Å². The monoisotopic (exact) mass is 262 g/mol. The van der Waals surface area contributed by atoms with E-state index >= 15 is 0 Å². The van der Waals surface area contributed by atoms with E-state index in [0.29, 0.717) is 18.4 Å². The summed E-state index contributed by atoms with van der Waals surface area (Å²) in [6.45, 7) is 3.47. The van der Waals surface area contributed by atoms with Crippen molar-refractivity contribution >= 4 is 5.91 Å². The molecule has 1 saturated heterocycles. The molecule has 0 aromatic carbocycles. The summed E-state index contributed by atoms with van der Waals surface area (Å²) in [6, 6.07) is 0.672. The number of hydrogen-bond donors (Lipinski definition) is 1. The minimum atomic E-state index is 0.292. The van der Waals surface area contributed by atoms with Crippen LogP contribution in [-0.2, 0) is 11.3 Å². The van der Waals surface area contributed by atoms with Crippen LogP contribution in [0.3, 0.4) is 0 Å². The summed E-state index contributed by atoms with van der Waals surface area (Å²) in [6.07, 6.45) is 9.34. The summed E-state index contributed by atoms with van der Waals surface area (Å²) >= 11 is 0. The first-order chi connectivity index (χ1) is 9.34. The van der Waals surface area contributed by atoms with Crippen LogP contribution in [0.5, 0.6) is 0 Å². The number of hydrogen-bond acceptors (Lipinski definition) is 3. The van der Waals surface area contributed by atoms with Crippen molar-refractivity contribution in [2.75, 3.05) is 19.6 Å². The van der Waals surface area contributed by atoms with Crippen LogP contribution < -0.4 is 5.32 Å². The fraction of sp³-hybridized carbons (Fsp3) is 0.714. The summed E-state index contributed by atoms with van der Waals surface area (Å²) < 4.78 is 2.26. The average Bonchev–Trinajstić information content (AvgIpc) is 2.95. The summed E-state index contributed by atoms with van der Waals surface area (Å²) in [5.74, 6) is 0.292. The van der Waals surface area contributed by atoms with Gasteiger partial charge in [-0.05, 0) is 25.7 Å². The highest BCUT2D eigenvalue weighted by molar-refractivity contribution is 5.76. The van der Waals surface area contributed by atoms with Crippen molar-refractivity contribution in [3.8, 4) is 0 Å². The Labute approximate surface area is 114 Å². The van der Waals surface area contributed by atoms with Crippen LogP contribution in [0.1, 0.15) is 43.8 Å². The number of rotatable bonds is 6. The van der Waals surface area contributed by atoms with Crippen LogP contribution in [0.15, 0.2) is 12.5 Å². The Morgan fingerprint density at radius 2 is 2.16 bits per heavy atom. The molecule has 2 aliphatic rings. The fourth-order valence-corrected chi connectivity index (χ4v) is 2.69. The number of nitrogens with zero attached hydrogens (tertiary/aromatic N) is 3. The predicted octanol–water partition coefficient (Wildman–Crippen LogP) is 1.32. The van der Waals surface area contributed by atoms with Gasteiger partial charge in [-0.2, -0.15) is 0 Å². The van der Waals surface area contributed by atoms with Crippen LogP contribution in [0.2, 0.25) is 0 Å². The van der Waals surface area contributed by atoms with E-state index in [-0.39, 0.29) is 0 Å². The number of amides is 1. The topological polar surface area (TPSA) is 50.2 Å². The first-order valence-corrected chi connectivity index (χ1v) is 7.34. The number of nitrogens with one attached hydrogen (secondary N) is 1. The molecule has 1 aromatic rings. The summed E-state index contributed by atoms with van der Waals surface area (Å²) in [4.78, 5) is 18.1. The molecule has 1 saturated carbocycles. The molecular weight excluding hydrogens is 240 g/mol. The molecular formula is C14H22N4O. The number of carbonyl (C=O) groups is 1. The smallest absolute Gasteiger partial charge is 0.223 e. The quantitative estimate of drug-likeness (QED) is 0.787. The van der Waals surface area contributed by atoms with Gasteiger partial charge in [0.25, 0.3) is 0 Å². The molecule has 104 valence electrons. The first-order valence-electron chi connectivity index (χ1n) is 7.34. The van der Waals surface area contributed by atoms with Crippen molar-refractivity contribution in [1.82, 2.24) is 19.8 Å². The Kier molecular flexibility index (Phi) is 3.82. The molecule has 1 aliphatic carbocycles. The molecule has 0 bridgehead atoms. The summed E-state index contributed by atoms with van der Waals surface area (Å²) in [7, 11) is 0. The minimum absolute atomic E-state index is 0.292. The number of aromatic nitrogens is 2. The summed E-state index contributed by atoms with van der Waals surface area (Å²) in [5, 5.41) is 3.36. The highest BCUT2D eigenvalue weighted by Gasteiger charge is 2.25. The van der Waals surface area contributed by atoms with Crippen molar-refractivity contribution in [3.05, 3.63) is 18.2 Å². The van der Waals surface area contributed by atoms with Gasteiger partial charge in [0, 0.05) is 44.8 Å². The van der Waals surface area contributed by atoms with Crippen LogP contribution in [0, 0.1) is 0 Å². The predicted molar refractivity (Wildman–Crippen MR) is 72.6 cm³/mol.